The van der Waals surface area contributed by atoms with E-state index in [1.165, 1.54) is 27.1 Å². The lowest BCUT2D eigenvalue weighted by molar-refractivity contribution is 0.396. The first kappa shape index (κ1) is 30.7. The van der Waals surface area contributed by atoms with Gasteiger partial charge in [0.25, 0.3) is 5.70 Å². The topological polar surface area (TPSA) is 53.5 Å². The number of fused-ring (bicyclic) bond motifs is 3. The number of ether oxygens (including phenoxy) is 1. The fraction of sp³-hybridized carbons (Fsp3) is 0.119. The van der Waals surface area contributed by atoms with Crippen LogP contribution in [-0.2, 0) is 10.2 Å². The highest BCUT2D eigenvalue weighted by Gasteiger charge is 2.38. The van der Waals surface area contributed by atoms with Gasteiger partial charge in [-0.3, -0.25) is 4.90 Å². The highest BCUT2D eigenvalue weighted by atomic mass is 32.1. The number of nitriles is 1. The molecule has 0 amide bonds. The Balaban J connectivity index is 1.22. The Morgan fingerprint density at radius 3 is 2.19 bits per heavy atom. The number of hydrogen-bond donors (Lipinski definition) is 0. The Kier molecular flexibility index (Phi) is 7.89. The van der Waals surface area contributed by atoms with Crippen molar-refractivity contribution in [3.05, 3.63) is 177 Å². The molecule has 7 rings (SSSR count). The summed E-state index contributed by atoms with van der Waals surface area (Å²) in [5.74, 6) is 2.04. The number of nitrogens with zero attached hydrogens (tertiary/aromatic N) is 4. The summed E-state index contributed by atoms with van der Waals surface area (Å²) < 4.78 is 6.24. The predicted molar refractivity (Wildman–Crippen MR) is 196 cm³/mol. The molecule has 0 saturated heterocycles. The third-order valence-electron chi connectivity index (χ3n) is 8.82. The summed E-state index contributed by atoms with van der Waals surface area (Å²) in [6, 6.07) is 33.4. The largest absolute Gasteiger partial charge is 0.457 e. The van der Waals surface area contributed by atoms with E-state index in [2.05, 4.69) is 98.1 Å². The molecule has 0 bridgehead atoms. The van der Waals surface area contributed by atoms with Gasteiger partial charge in [0.05, 0.1) is 12.6 Å². The molecule has 3 aromatic carbocycles. The number of rotatable bonds is 6. The Hall–Kier alpha value is -5.95. The lowest BCUT2D eigenvalue weighted by Crippen LogP contribution is -2.17. The van der Waals surface area contributed by atoms with Gasteiger partial charge in [-0.25, -0.2) is 15.1 Å². The lowest BCUT2D eigenvalue weighted by Gasteiger charge is -2.27. The average molecular weight is 641 g/mol. The first-order valence-corrected chi connectivity index (χ1v) is 16.5. The number of anilines is 3. The number of hydrogen-bond acceptors (Lipinski definition) is 5. The molecule has 0 atom stereocenters. The van der Waals surface area contributed by atoms with Crippen LogP contribution < -0.4 is 4.90 Å². The van der Waals surface area contributed by atoms with Gasteiger partial charge >= 0.3 is 0 Å². The Morgan fingerprint density at radius 2 is 1.56 bits per heavy atom. The molecule has 0 radical (unpaired) electrons. The SMILES string of the molecule is [C-]#[N+]/C(C#N)=C1C=C(/C=C/c2cc3c(s2)-c2cnc(N(c4ccc(C)cc4)c4ccc(C)cc4)cc2C3(C)C)OC(c2ccccc2)=C\1. The fourth-order valence-electron chi connectivity index (χ4n) is 6.17. The van der Waals surface area contributed by atoms with Gasteiger partial charge in [0.1, 0.15) is 17.3 Å². The third kappa shape index (κ3) is 5.64. The average Bonchev–Trinajstić information content (AvgIpc) is 3.63. The first-order chi connectivity index (χ1) is 23.2. The van der Waals surface area contributed by atoms with Crippen LogP contribution in [0.1, 0.15) is 46.5 Å². The summed E-state index contributed by atoms with van der Waals surface area (Å²) in [6.45, 7) is 16.2. The van der Waals surface area contributed by atoms with Crippen LogP contribution in [0.2, 0.25) is 0 Å². The van der Waals surface area contributed by atoms with E-state index >= 15 is 0 Å². The second kappa shape index (κ2) is 12.3. The Morgan fingerprint density at radius 1 is 0.896 bits per heavy atom. The van der Waals surface area contributed by atoms with Crippen LogP contribution in [0, 0.1) is 31.8 Å². The Bertz CT molecular complexity index is 2190. The maximum absolute atomic E-state index is 9.56. The van der Waals surface area contributed by atoms with Crippen molar-refractivity contribution in [3.63, 3.8) is 0 Å². The second-order valence-corrected chi connectivity index (χ2v) is 13.6. The number of thiophene rings is 1. The maximum Gasteiger partial charge on any atom is 0.269 e. The molecule has 5 aromatic rings. The smallest absolute Gasteiger partial charge is 0.269 e. The molecule has 0 N–H and O–H groups in total. The summed E-state index contributed by atoms with van der Waals surface area (Å²) in [6.07, 6.45) is 9.47. The van der Waals surface area contributed by atoms with Gasteiger partial charge < -0.3 is 4.74 Å². The molecule has 0 fully saturated rings. The monoisotopic (exact) mass is 640 g/mol. The molecule has 1 aliphatic carbocycles. The minimum Gasteiger partial charge on any atom is -0.457 e. The molecular weight excluding hydrogens is 609 g/mol. The molecule has 0 spiro atoms. The van der Waals surface area contributed by atoms with Gasteiger partial charge in [0, 0.05) is 43.9 Å². The highest BCUT2D eigenvalue weighted by Crippen LogP contribution is 2.53. The van der Waals surface area contributed by atoms with Crippen molar-refractivity contribution in [2.45, 2.75) is 33.1 Å². The molecule has 3 heterocycles. The molecule has 0 saturated carbocycles. The fourth-order valence-corrected chi connectivity index (χ4v) is 7.42. The minimum absolute atomic E-state index is 0.0290. The van der Waals surface area contributed by atoms with Crippen LogP contribution in [0.3, 0.4) is 0 Å². The van der Waals surface area contributed by atoms with Crippen molar-refractivity contribution in [3.8, 4) is 16.5 Å². The predicted octanol–water partition coefficient (Wildman–Crippen LogP) is 11.2. The van der Waals surface area contributed by atoms with Crippen LogP contribution in [0.5, 0.6) is 0 Å². The standard InChI is InChI=1S/C42H32N4OS/c1-27-11-15-31(16-12-27)46(32-17-13-28(2)14-18-32)40-24-36-35(26-45-40)41-37(42(36,3)4)23-34(48-41)20-19-33-21-30(38(25-43)44-5)22-39(47-33)29-9-7-6-8-10-29/h6-24,26H,1-4H3/b20-19+,38-30+. The molecule has 2 aliphatic rings. The molecule has 1 aliphatic heterocycles. The number of aryl methyl sites for hydroxylation is 2. The number of aromatic nitrogens is 1. The maximum atomic E-state index is 9.56. The molecule has 0 unspecified atom stereocenters. The molecule has 6 heteroatoms. The zero-order valence-corrected chi connectivity index (χ0v) is 28.0. The van der Waals surface area contributed by atoms with E-state index in [9.17, 15) is 5.26 Å². The summed E-state index contributed by atoms with van der Waals surface area (Å²) in [5.41, 5.74) is 9.44. The molecule has 2 aromatic heterocycles. The van der Waals surface area contributed by atoms with Gasteiger partial charge in [-0.15, -0.1) is 11.3 Å². The molecule has 5 nitrogen and oxygen atoms in total. The minimum atomic E-state index is -0.228. The number of pyridine rings is 1. The van der Waals surface area contributed by atoms with Crippen molar-refractivity contribution in [2.24, 2.45) is 0 Å². The van der Waals surface area contributed by atoms with Crippen LogP contribution in [0.25, 0.3) is 27.1 Å². The van der Waals surface area contributed by atoms with Gasteiger partial charge in [-0.05, 0) is 91.2 Å². The van der Waals surface area contributed by atoms with E-state index < -0.39 is 0 Å². The normalized spacial score (nSPS) is 15.4. The summed E-state index contributed by atoms with van der Waals surface area (Å²) in [4.78, 5) is 13.0. The van der Waals surface area contributed by atoms with E-state index in [1.807, 2.05) is 54.7 Å². The molecule has 48 heavy (non-hydrogen) atoms. The van der Waals surface area contributed by atoms with E-state index in [1.54, 1.807) is 23.5 Å². The van der Waals surface area contributed by atoms with E-state index in [-0.39, 0.29) is 11.1 Å². The van der Waals surface area contributed by atoms with Gasteiger partial charge in [-0.1, -0.05) is 79.6 Å². The van der Waals surface area contributed by atoms with Crippen molar-refractivity contribution >= 4 is 40.4 Å². The third-order valence-corrected chi connectivity index (χ3v) is 9.95. The van der Waals surface area contributed by atoms with Crippen LogP contribution in [0.4, 0.5) is 17.2 Å². The van der Waals surface area contributed by atoms with E-state index in [0.717, 1.165) is 33.2 Å². The zero-order chi connectivity index (χ0) is 33.4. The van der Waals surface area contributed by atoms with E-state index in [4.69, 9.17) is 16.3 Å². The van der Waals surface area contributed by atoms with Crippen LogP contribution in [-0.4, -0.2) is 4.98 Å². The van der Waals surface area contributed by atoms with E-state index in [0.29, 0.717) is 17.1 Å². The van der Waals surface area contributed by atoms with Gasteiger partial charge in [-0.2, -0.15) is 0 Å². The number of benzene rings is 3. The summed E-state index contributed by atoms with van der Waals surface area (Å²) in [5, 5.41) is 9.56. The van der Waals surface area contributed by atoms with Gasteiger partial charge in [0.2, 0.25) is 0 Å². The van der Waals surface area contributed by atoms with Crippen molar-refractivity contribution in [2.75, 3.05) is 4.90 Å². The molecular formula is C42H32N4OS. The quantitative estimate of drug-likeness (QED) is 0.137. The van der Waals surface area contributed by atoms with Crippen molar-refractivity contribution in [1.29, 1.82) is 5.26 Å². The van der Waals surface area contributed by atoms with Crippen molar-refractivity contribution in [1.82, 2.24) is 4.98 Å². The first-order valence-electron chi connectivity index (χ1n) is 15.7. The summed E-state index contributed by atoms with van der Waals surface area (Å²) >= 11 is 1.73. The zero-order valence-electron chi connectivity index (χ0n) is 27.2. The highest BCUT2D eigenvalue weighted by molar-refractivity contribution is 7.16. The number of allylic oxidation sites excluding steroid dienone is 5. The van der Waals surface area contributed by atoms with Crippen LogP contribution in [0.15, 0.2) is 132 Å². The van der Waals surface area contributed by atoms with Crippen LogP contribution >= 0.6 is 11.3 Å². The second-order valence-electron chi connectivity index (χ2n) is 12.5. The van der Waals surface area contributed by atoms with Gasteiger partial charge in [0.15, 0.2) is 0 Å². The lowest BCUT2D eigenvalue weighted by atomic mass is 9.83. The van der Waals surface area contributed by atoms with Crippen molar-refractivity contribution < 1.29 is 4.74 Å². The Labute approximate surface area is 285 Å². The summed E-state index contributed by atoms with van der Waals surface area (Å²) in [7, 11) is 0. The molecule has 232 valence electrons.